The van der Waals surface area contributed by atoms with Crippen LogP contribution in [0.3, 0.4) is 0 Å². The number of hydrogen-bond donors (Lipinski definition) is 1. The number of aromatic nitrogens is 1. The Bertz CT molecular complexity index is 519. The van der Waals surface area contributed by atoms with E-state index in [0.29, 0.717) is 6.04 Å². The van der Waals surface area contributed by atoms with Crippen molar-refractivity contribution in [3.8, 4) is 0 Å². The highest BCUT2D eigenvalue weighted by molar-refractivity contribution is 5.68. The largest absolute Gasteiger partial charge is 0.444 e. The monoisotopic (exact) mass is 321 g/mol. The van der Waals surface area contributed by atoms with Crippen molar-refractivity contribution in [1.82, 2.24) is 14.8 Å². The molecule has 2 heterocycles. The van der Waals surface area contributed by atoms with Crippen molar-refractivity contribution < 1.29 is 9.53 Å². The van der Waals surface area contributed by atoms with Crippen molar-refractivity contribution >= 4 is 6.09 Å². The first kappa shape index (κ1) is 17.9. The van der Waals surface area contributed by atoms with Gasteiger partial charge in [-0.3, -0.25) is 0 Å². The number of aryl methyl sites for hydroxylation is 1. The van der Waals surface area contributed by atoms with Gasteiger partial charge in [0.25, 0.3) is 0 Å². The van der Waals surface area contributed by atoms with Gasteiger partial charge in [-0.05, 0) is 59.6 Å². The highest BCUT2D eigenvalue weighted by atomic mass is 16.6. The average molecular weight is 321 g/mol. The summed E-state index contributed by atoms with van der Waals surface area (Å²) in [6.45, 7) is 12.6. The van der Waals surface area contributed by atoms with Crippen molar-refractivity contribution in [2.45, 2.75) is 78.2 Å². The Balaban J connectivity index is 1.83. The SMILES string of the molecule is CCn1cccc1CNC1CCN(C(=O)OC(C)(C)C)C(C)C1. The van der Waals surface area contributed by atoms with E-state index in [9.17, 15) is 4.79 Å². The molecule has 1 N–H and O–H groups in total. The van der Waals surface area contributed by atoms with Gasteiger partial charge in [0.1, 0.15) is 5.60 Å². The number of rotatable bonds is 4. The minimum absolute atomic E-state index is 0.191. The third-order valence-electron chi connectivity index (χ3n) is 4.34. The van der Waals surface area contributed by atoms with Crippen LogP contribution in [0.25, 0.3) is 0 Å². The molecule has 5 heteroatoms. The Morgan fingerprint density at radius 2 is 2.17 bits per heavy atom. The van der Waals surface area contributed by atoms with Gasteiger partial charge in [-0.2, -0.15) is 0 Å². The number of piperidine rings is 1. The van der Waals surface area contributed by atoms with E-state index in [1.807, 2.05) is 25.7 Å². The number of carbonyl (C=O) groups is 1. The summed E-state index contributed by atoms with van der Waals surface area (Å²) in [5, 5.41) is 3.64. The lowest BCUT2D eigenvalue weighted by molar-refractivity contribution is 0.00930. The molecule has 23 heavy (non-hydrogen) atoms. The number of ether oxygens (including phenoxy) is 1. The summed E-state index contributed by atoms with van der Waals surface area (Å²) in [6.07, 6.45) is 3.86. The second kappa shape index (κ2) is 7.39. The molecular weight excluding hydrogens is 290 g/mol. The van der Waals surface area contributed by atoms with Gasteiger partial charge in [0, 0.05) is 43.6 Å². The maximum absolute atomic E-state index is 12.2. The maximum atomic E-state index is 12.2. The lowest BCUT2D eigenvalue weighted by atomic mass is 9.98. The van der Waals surface area contributed by atoms with E-state index in [2.05, 4.69) is 42.1 Å². The van der Waals surface area contributed by atoms with Gasteiger partial charge < -0.3 is 19.5 Å². The fourth-order valence-corrected chi connectivity index (χ4v) is 3.12. The van der Waals surface area contributed by atoms with Gasteiger partial charge in [0.05, 0.1) is 0 Å². The normalized spacial score (nSPS) is 22.2. The molecule has 2 rings (SSSR count). The number of carbonyl (C=O) groups excluding carboxylic acids is 1. The van der Waals surface area contributed by atoms with Crippen LogP contribution in [0.5, 0.6) is 0 Å². The fraction of sp³-hybridized carbons (Fsp3) is 0.722. The van der Waals surface area contributed by atoms with Crippen LogP contribution in [-0.4, -0.2) is 39.8 Å². The van der Waals surface area contributed by atoms with Crippen molar-refractivity contribution in [1.29, 1.82) is 0 Å². The topological polar surface area (TPSA) is 46.5 Å². The molecule has 1 aromatic heterocycles. The summed E-state index contributed by atoms with van der Waals surface area (Å²) < 4.78 is 7.75. The first-order chi connectivity index (χ1) is 10.8. The summed E-state index contributed by atoms with van der Waals surface area (Å²) in [7, 11) is 0. The number of nitrogens with one attached hydrogen (secondary N) is 1. The molecular formula is C18H31N3O2. The Kier molecular flexibility index (Phi) is 5.74. The smallest absolute Gasteiger partial charge is 0.410 e. The van der Waals surface area contributed by atoms with E-state index in [0.717, 1.165) is 32.5 Å². The van der Waals surface area contributed by atoms with Crippen molar-refractivity contribution in [2.24, 2.45) is 0 Å². The van der Waals surface area contributed by atoms with Crippen LogP contribution >= 0.6 is 0 Å². The molecule has 1 aliphatic heterocycles. The van der Waals surface area contributed by atoms with Gasteiger partial charge in [-0.15, -0.1) is 0 Å². The molecule has 0 radical (unpaired) electrons. The van der Waals surface area contributed by atoms with Gasteiger partial charge in [-0.25, -0.2) is 4.79 Å². The maximum Gasteiger partial charge on any atom is 0.410 e. The molecule has 1 fully saturated rings. The molecule has 1 amide bonds. The Morgan fingerprint density at radius 1 is 1.43 bits per heavy atom. The van der Waals surface area contributed by atoms with Crippen LogP contribution in [0.4, 0.5) is 4.79 Å². The second-order valence-corrected chi connectivity index (χ2v) is 7.41. The summed E-state index contributed by atoms with van der Waals surface area (Å²) >= 11 is 0. The summed E-state index contributed by atoms with van der Waals surface area (Å²) in [5.41, 5.74) is 0.881. The minimum atomic E-state index is -0.433. The third kappa shape index (κ3) is 4.99. The molecule has 0 aliphatic carbocycles. The number of nitrogens with zero attached hydrogens (tertiary/aromatic N) is 2. The Morgan fingerprint density at radius 3 is 2.78 bits per heavy atom. The molecule has 2 unspecified atom stereocenters. The predicted octanol–water partition coefficient (Wildman–Crippen LogP) is 3.39. The summed E-state index contributed by atoms with van der Waals surface area (Å²) in [6, 6.07) is 4.90. The molecule has 1 aliphatic rings. The van der Waals surface area contributed by atoms with Crippen molar-refractivity contribution in [3.63, 3.8) is 0 Å². The fourth-order valence-electron chi connectivity index (χ4n) is 3.12. The lowest BCUT2D eigenvalue weighted by Crippen LogP contribution is -2.51. The summed E-state index contributed by atoms with van der Waals surface area (Å²) in [5.74, 6) is 0. The van der Waals surface area contributed by atoms with Crippen molar-refractivity contribution in [2.75, 3.05) is 6.54 Å². The van der Waals surface area contributed by atoms with Gasteiger partial charge in [0.15, 0.2) is 0 Å². The van der Waals surface area contributed by atoms with Crippen LogP contribution in [0, 0.1) is 0 Å². The van der Waals surface area contributed by atoms with E-state index in [-0.39, 0.29) is 12.1 Å². The van der Waals surface area contributed by atoms with Crippen LogP contribution in [0.2, 0.25) is 0 Å². The number of likely N-dealkylation sites (tertiary alicyclic amines) is 1. The molecule has 130 valence electrons. The third-order valence-corrected chi connectivity index (χ3v) is 4.34. The van der Waals surface area contributed by atoms with E-state index >= 15 is 0 Å². The molecule has 1 aromatic rings. The van der Waals surface area contributed by atoms with Crippen LogP contribution in [0.15, 0.2) is 18.3 Å². The molecule has 1 saturated heterocycles. The van der Waals surface area contributed by atoms with Crippen molar-refractivity contribution in [3.05, 3.63) is 24.0 Å². The van der Waals surface area contributed by atoms with Gasteiger partial charge in [0.2, 0.25) is 0 Å². The highest BCUT2D eigenvalue weighted by Crippen LogP contribution is 2.21. The van der Waals surface area contributed by atoms with E-state index in [4.69, 9.17) is 4.74 Å². The first-order valence-electron chi connectivity index (χ1n) is 8.67. The molecule has 0 saturated carbocycles. The highest BCUT2D eigenvalue weighted by Gasteiger charge is 2.31. The van der Waals surface area contributed by atoms with Crippen LogP contribution < -0.4 is 5.32 Å². The van der Waals surface area contributed by atoms with Gasteiger partial charge >= 0.3 is 6.09 Å². The van der Waals surface area contributed by atoms with E-state index in [1.54, 1.807) is 0 Å². The molecule has 0 spiro atoms. The molecule has 0 aromatic carbocycles. The lowest BCUT2D eigenvalue weighted by Gasteiger charge is -2.38. The summed E-state index contributed by atoms with van der Waals surface area (Å²) in [4.78, 5) is 14.1. The van der Waals surface area contributed by atoms with Crippen LogP contribution in [0.1, 0.15) is 53.2 Å². The Labute approximate surface area is 140 Å². The number of amides is 1. The van der Waals surface area contributed by atoms with Gasteiger partial charge in [-0.1, -0.05) is 0 Å². The second-order valence-electron chi connectivity index (χ2n) is 7.41. The zero-order valence-electron chi connectivity index (χ0n) is 15.1. The zero-order chi connectivity index (χ0) is 17.0. The predicted molar refractivity (Wildman–Crippen MR) is 92.4 cm³/mol. The van der Waals surface area contributed by atoms with Crippen LogP contribution in [-0.2, 0) is 17.8 Å². The minimum Gasteiger partial charge on any atom is -0.444 e. The molecule has 2 atom stereocenters. The zero-order valence-corrected chi connectivity index (χ0v) is 15.1. The molecule has 5 nitrogen and oxygen atoms in total. The quantitative estimate of drug-likeness (QED) is 0.924. The Hall–Kier alpha value is -1.49. The molecule has 0 bridgehead atoms. The van der Waals surface area contributed by atoms with E-state index in [1.165, 1.54) is 5.69 Å². The van der Waals surface area contributed by atoms with E-state index < -0.39 is 5.60 Å². The standard InChI is InChI=1S/C18H31N3O2/c1-6-20-10-7-8-16(20)13-19-15-9-11-21(14(2)12-15)17(22)23-18(3,4)5/h7-8,10,14-15,19H,6,9,11-13H2,1-5H3. The first-order valence-corrected chi connectivity index (χ1v) is 8.67. The number of hydrogen-bond acceptors (Lipinski definition) is 3. The average Bonchev–Trinajstić information content (AvgIpc) is 2.90.